The first-order chi connectivity index (χ1) is 6.24. The van der Waals surface area contributed by atoms with Crippen LogP contribution in [-0.2, 0) is 17.7 Å². The van der Waals surface area contributed by atoms with Gasteiger partial charge in [-0.15, -0.1) is 0 Å². The predicted molar refractivity (Wildman–Crippen MR) is 58.0 cm³/mol. The molecule has 0 unspecified atom stereocenters. The van der Waals surface area contributed by atoms with Crippen LogP contribution in [0, 0.1) is 0 Å². The average molecular weight is 215 g/mol. The molecular weight excluding hydrogens is 195 g/mol. The van der Waals surface area contributed by atoms with E-state index in [-0.39, 0.29) is 18.9 Å². The van der Waals surface area contributed by atoms with Crippen molar-refractivity contribution in [1.29, 1.82) is 0 Å². The molecule has 0 aromatic rings. The van der Waals surface area contributed by atoms with Gasteiger partial charge in [-0.05, 0) is 27.7 Å². The van der Waals surface area contributed by atoms with Crippen molar-refractivity contribution < 1.29 is 17.7 Å². The van der Waals surface area contributed by atoms with E-state index in [1.54, 1.807) is 0 Å². The zero-order valence-electron chi connectivity index (χ0n) is 9.96. The maximum absolute atomic E-state index is 5.42. The second kappa shape index (κ2) is 10.2. The molecule has 0 spiro atoms. The fourth-order valence-corrected chi connectivity index (χ4v) is 2.87. The molecule has 6 heteroatoms. The molecule has 0 aromatic heterocycles. The molecule has 0 aliphatic carbocycles. The van der Waals surface area contributed by atoms with Crippen molar-refractivity contribution in [3.05, 3.63) is 0 Å². The summed E-state index contributed by atoms with van der Waals surface area (Å²) >= 11 is 0. The molecule has 0 saturated heterocycles. The van der Waals surface area contributed by atoms with Gasteiger partial charge in [0, 0.05) is 45.3 Å². The van der Waals surface area contributed by atoms with Crippen LogP contribution >= 0.6 is 0 Å². The van der Waals surface area contributed by atoms with Gasteiger partial charge in [-0.25, -0.2) is 0 Å². The van der Waals surface area contributed by atoms with Gasteiger partial charge in [-0.1, -0.05) is 0 Å². The minimum atomic E-state index is -2.80. The summed E-state index contributed by atoms with van der Waals surface area (Å²) in [6.07, 6.45) is 0. The van der Waals surface area contributed by atoms with Crippen LogP contribution in [0.4, 0.5) is 0 Å². The Kier molecular flexibility index (Phi) is 12.4. The molecule has 0 saturated carbocycles. The minimum absolute atomic E-state index is 0. The summed E-state index contributed by atoms with van der Waals surface area (Å²) in [6.45, 7) is 9.80. The van der Waals surface area contributed by atoms with E-state index in [1.807, 2.05) is 27.7 Å². The monoisotopic (exact) mass is 215 g/mol. The van der Waals surface area contributed by atoms with Gasteiger partial charge in [-0.3, -0.25) is 0 Å². The van der Waals surface area contributed by atoms with Crippen LogP contribution in [0.15, 0.2) is 0 Å². The van der Waals surface area contributed by atoms with E-state index in [0.717, 1.165) is 0 Å². The van der Waals surface area contributed by atoms with Crippen molar-refractivity contribution in [1.82, 2.24) is 0 Å². The molecule has 0 N–H and O–H groups in total. The fraction of sp³-hybridized carbons (Fsp3) is 1.00. The standard InChI is InChI=1S/C8H20O4Si.Li/c1-5-9-13(10-6-2,11-7-3)12-8-4;/h5-8H2,1-4H3;. The topological polar surface area (TPSA) is 36.9 Å². The van der Waals surface area contributed by atoms with Gasteiger partial charge < -0.3 is 17.7 Å². The summed E-state index contributed by atoms with van der Waals surface area (Å²) in [7, 11) is -2.80. The first-order valence-electron chi connectivity index (χ1n) is 4.80. The van der Waals surface area contributed by atoms with Crippen molar-refractivity contribution in [2.75, 3.05) is 26.4 Å². The van der Waals surface area contributed by atoms with Crippen LogP contribution < -0.4 is 0 Å². The van der Waals surface area contributed by atoms with E-state index < -0.39 is 9.05 Å². The minimum Gasteiger partial charge on any atom is -0.351 e. The normalized spacial score (nSPS) is 11.1. The van der Waals surface area contributed by atoms with Gasteiger partial charge in [0.05, 0.1) is 0 Å². The molecule has 0 fully saturated rings. The Hall–Kier alpha value is 0.654. The van der Waals surface area contributed by atoms with Crippen LogP contribution in [0.5, 0.6) is 0 Å². The largest absolute Gasteiger partial charge is 0.679 e. The van der Waals surface area contributed by atoms with E-state index in [9.17, 15) is 0 Å². The van der Waals surface area contributed by atoms with Crippen molar-refractivity contribution in [3.8, 4) is 0 Å². The summed E-state index contributed by atoms with van der Waals surface area (Å²) in [4.78, 5) is 0. The zero-order chi connectivity index (χ0) is 10.2. The van der Waals surface area contributed by atoms with E-state index in [4.69, 9.17) is 17.7 Å². The average Bonchev–Trinajstić information content (AvgIpc) is 2.06. The molecule has 0 aromatic carbocycles. The molecular formula is C8H20LiO4Si. The van der Waals surface area contributed by atoms with Crippen LogP contribution in [0.25, 0.3) is 0 Å². The summed E-state index contributed by atoms with van der Waals surface area (Å²) in [5.41, 5.74) is 0. The molecule has 81 valence electrons. The number of hydrogen-bond donors (Lipinski definition) is 0. The van der Waals surface area contributed by atoms with E-state index in [1.165, 1.54) is 0 Å². The van der Waals surface area contributed by atoms with Gasteiger partial charge >= 0.3 is 9.05 Å². The van der Waals surface area contributed by atoms with Gasteiger partial charge in [0.1, 0.15) is 0 Å². The Labute approximate surface area is 99.9 Å². The van der Waals surface area contributed by atoms with Crippen LogP contribution in [-0.4, -0.2) is 54.3 Å². The Morgan fingerprint density at radius 3 is 1.00 bits per heavy atom. The molecule has 0 aliphatic heterocycles. The summed E-state index contributed by atoms with van der Waals surface area (Å²) < 4.78 is 21.7. The second-order valence-corrected chi connectivity index (χ2v) is 4.39. The Bertz CT molecular complexity index is 96.4. The quantitative estimate of drug-likeness (QED) is 0.570. The molecule has 0 bridgehead atoms. The molecule has 1 radical (unpaired) electrons. The van der Waals surface area contributed by atoms with Crippen LogP contribution in [0.2, 0.25) is 0 Å². The smallest absolute Gasteiger partial charge is 0.351 e. The molecule has 0 atom stereocenters. The molecule has 0 aliphatic rings. The van der Waals surface area contributed by atoms with Gasteiger partial charge in [0.2, 0.25) is 0 Å². The van der Waals surface area contributed by atoms with Gasteiger partial charge in [0.25, 0.3) is 0 Å². The van der Waals surface area contributed by atoms with Crippen LogP contribution in [0.3, 0.4) is 0 Å². The first kappa shape index (κ1) is 17.1. The van der Waals surface area contributed by atoms with Gasteiger partial charge in [0.15, 0.2) is 0 Å². The van der Waals surface area contributed by atoms with E-state index in [0.29, 0.717) is 26.4 Å². The third kappa shape index (κ3) is 6.20. The van der Waals surface area contributed by atoms with E-state index in [2.05, 4.69) is 0 Å². The van der Waals surface area contributed by atoms with Crippen molar-refractivity contribution in [2.45, 2.75) is 27.7 Å². The number of hydrogen-bond acceptors (Lipinski definition) is 4. The summed E-state index contributed by atoms with van der Waals surface area (Å²) in [5, 5.41) is 0. The number of rotatable bonds is 8. The molecule has 14 heavy (non-hydrogen) atoms. The zero-order valence-corrected chi connectivity index (χ0v) is 11.0. The fourth-order valence-electron chi connectivity index (χ4n) is 0.957. The third-order valence-corrected chi connectivity index (χ3v) is 3.85. The van der Waals surface area contributed by atoms with Crippen molar-refractivity contribution in [2.24, 2.45) is 0 Å². The predicted octanol–water partition coefficient (Wildman–Crippen LogP) is 1.19. The third-order valence-electron chi connectivity index (χ3n) is 1.28. The summed E-state index contributed by atoms with van der Waals surface area (Å²) in [5.74, 6) is 0. The van der Waals surface area contributed by atoms with Crippen molar-refractivity contribution >= 4 is 27.9 Å². The first-order valence-corrected chi connectivity index (χ1v) is 6.43. The molecule has 0 amide bonds. The summed E-state index contributed by atoms with van der Waals surface area (Å²) in [6, 6.07) is 0. The molecule has 0 rings (SSSR count). The molecule has 0 heterocycles. The molecule has 4 nitrogen and oxygen atoms in total. The van der Waals surface area contributed by atoms with Gasteiger partial charge in [-0.2, -0.15) is 0 Å². The van der Waals surface area contributed by atoms with Crippen molar-refractivity contribution in [3.63, 3.8) is 0 Å². The van der Waals surface area contributed by atoms with Crippen LogP contribution in [0.1, 0.15) is 27.7 Å². The maximum atomic E-state index is 5.42. The SMILES string of the molecule is CCO[Si](OCC)(OCC)OCC.[Li]. The Morgan fingerprint density at radius 1 is 0.643 bits per heavy atom. The Morgan fingerprint density at radius 2 is 0.857 bits per heavy atom. The van der Waals surface area contributed by atoms with E-state index >= 15 is 0 Å². The second-order valence-electron chi connectivity index (χ2n) is 2.23. The Balaban J connectivity index is 0. The maximum Gasteiger partial charge on any atom is 0.679 e.